The van der Waals surface area contributed by atoms with E-state index in [9.17, 15) is 9.59 Å². The van der Waals surface area contributed by atoms with E-state index in [1.54, 1.807) is 24.3 Å². The zero-order valence-corrected chi connectivity index (χ0v) is 11.8. The van der Waals surface area contributed by atoms with Gasteiger partial charge in [0.05, 0.1) is 0 Å². The summed E-state index contributed by atoms with van der Waals surface area (Å²) in [7, 11) is 0. The van der Waals surface area contributed by atoms with Crippen LogP contribution in [0.15, 0.2) is 35.9 Å². The van der Waals surface area contributed by atoms with Gasteiger partial charge in [0, 0.05) is 23.4 Å². The second kappa shape index (κ2) is 6.73. The summed E-state index contributed by atoms with van der Waals surface area (Å²) in [5, 5.41) is 5.54. The molecule has 0 aliphatic heterocycles. The number of nitrogens with one attached hydrogen (secondary N) is 2. The predicted molar refractivity (Wildman–Crippen MR) is 77.1 cm³/mol. The third-order valence-corrected chi connectivity index (χ3v) is 2.25. The Kier molecular flexibility index (Phi) is 5.30. The molecule has 0 saturated carbocycles. The molecule has 0 aromatic heterocycles. The molecule has 19 heavy (non-hydrogen) atoms. The molecule has 0 spiro atoms. The number of amides is 2. The molecule has 2 N–H and O–H groups in total. The van der Waals surface area contributed by atoms with Crippen molar-refractivity contribution in [2.24, 2.45) is 0 Å². The fourth-order valence-electron chi connectivity index (χ4n) is 1.49. The van der Waals surface area contributed by atoms with E-state index in [1.807, 2.05) is 27.7 Å². The van der Waals surface area contributed by atoms with Crippen LogP contribution < -0.4 is 10.6 Å². The molecule has 4 heteroatoms. The third-order valence-electron chi connectivity index (χ3n) is 2.25. The molecule has 0 aliphatic rings. The van der Waals surface area contributed by atoms with Crippen LogP contribution in [0, 0.1) is 0 Å². The Morgan fingerprint density at radius 3 is 2.16 bits per heavy atom. The summed E-state index contributed by atoms with van der Waals surface area (Å²) >= 11 is 0. The number of hydrogen-bond acceptors (Lipinski definition) is 2. The summed E-state index contributed by atoms with van der Waals surface area (Å²) in [5.41, 5.74) is 2.18. The Morgan fingerprint density at radius 2 is 1.68 bits per heavy atom. The van der Waals surface area contributed by atoms with E-state index in [1.165, 1.54) is 6.08 Å². The molecule has 0 unspecified atom stereocenters. The Hall–Kier alpha value is -2.10. The van der Waals surface area contributed by atoms with Gasteiger partial charge in [-0.25, -0.2) is 0 Å². The quantitative estimate of drug-likeness (QED) is 0.818. The Labute approximate surface area is 113 Å². The molecule has 102 valence electrons. The van der Waals surface area contributed by atoms with E-state index < -0.39 is 0 Å². The Balaban J connectivity index is 2.69. The number of anilines is 1. The SMILES string of the molecule is CC(C)=CC(=O)Nc1ccc(C(=O)NC(C)C)cc1. The van der Waals surface area contributed by atoms with Crippen molar-refractivity contribution in [1.29, 1.82) is 0 Å². The van der Waals surface area contributed by atoms with E-state index in [0.29, 0.717) is 11.3 Å². The number of carbonyl (C=O) groups is 2. The lowest BCUT2D eigenvalue weighted by Crippen LogP contribution is -2.29. The molecule has 0 fully saturated rings. The molecule has 0 bridgehead atoms. The van der Waals surface area contributed by atoms with Gasteiger partial charge in [0.1, 0.15) is 0 Å². The molecule has 1 aromatic carbocycles. The van der Waals surface area contributed by atoms with Gasteiger partial charge >= 0.3 is 0 Å². The van der Waals surface area contributed by atoms with E-state index in [-0.39, 0.29) is 17.9 Å². The van der Waals surface area contributed by atoms with Gasteiger partial charge in [-0.2, -0.15) is 0 Å². The second-order valence-corrected chi connectivity index (χ2v) is 4.92. The van der Waals surface area contributed by atoms with Crippen LogP contribution in [-0.4, -0.2) is 17.9 Å². The number of allylic oxidation sites excluding steroid dienone is 1. The first-order chi connectivity index (χ1) is 8.88. The van der Waals surface area contributed by atoms with Crippen molar-refractivity contribution in [2.45, 2.75) is 33.7 Å². The Bertz CT molecular complexity index is 483. The zero-order chi connectivity index (χ0) is 14.4. The van der Waals surface area contributed by atoms with E-state index in [0.717, 1.165) is 5.57 Å². The lowest BCUT2D eigenvalue weighted by atomic mass is 10.2. The summed E-state index contributed by atoms with van der Waals surface area (Å²) in [4.78, 5) is 23.2. The summed E-state index contributed by atoms with van der Waals surface area (Å²) in [5.74, 6) is -0.281. The lowest BCUT2D eigenvalue weighted by molar-refractivity contribution is -0.111. The monoisotopic (exact) mass is 260 g/mol. The van der Waals surface area contributed by atoms with Crippen molar-refractivity contribution in [3.8, 4) is 0 Å². The first kappa shape index (κ1) is 15.0. The molecule has 2 amide bonds. The highest BCUT2D eigenvalue weighted by Crippen LogP contribution is 2.10. The van der Waals surface area contributed by atoms with Gasteiger partial charge in [-0.15, -0.1) is 0 Å². The fraction of sp³-hybridized carbons (Fsp3) is 0.333. The molecule has 1 rings (SSSR count). The number of rotatable bonds is 4. The van der Waals surface area contributed by atoms with Crippen molar-refractivity contribution in [3.05, 3.63) is 41.5 Å². The summed E-state index contributed by atoms with van der Waals surface area (Å²) in [6.45, 7) is 7.54. The first-order valence-corrected chi connectivity index (χ1v) is 6.25. The summed E-state index contributed by atoms with van der Waals surface area (Å²) in [6, 6.07) is 6.91. The van der Waals surface area contributed by atoms with Crippen LogP contribution >= 0.6 is 0 Å². The molecule has 0 radical (unpaired) electrons. The van der Waals surface area contributed by atoms with Crippen molar-refractivity contribution < 1.29 is 9.59 Å². The predicted octanol–water partition coefficient (Wildman–Crippen LogP) is 2.73. The van der Waals surface area contributed by atoms with Gasteiger partial charge in [0.15, 0.2) is 0 Å². The molecule has 0 atom stereocenters. The summed E-state index contributed by atoms with van der Waals surface area (Å²) in [6.07, 6.45) is 1.53. The van der Waals surface area contributed by atoms with Crippen LogP contribution in [0.4, 0.5) is 5.69 Å². The van der Waals surface area contributed by atoms with Gasteiger partial charge in [-0.1, -0.05) is 5.57 Å². The average molecular weight is 260 g/mol. The number of carbonyl (C=O) groups excluding carboxylic acids is 2. The molecule has 0 aliphatic carbocycles. The normalized spacial score (nSPS) is 9.95. The van der Waals surface area contributed by atoms with E-state index >= 15 is 0 Å². The molecule has 4 nitrogen and oxygen atoms in total. The molecule has 1 aromatic rings. The Morgan fingerprint density at radius 1 is 1.11 bits per heavy atom. The largest absolute Gasteiger partial charge is 0.350 e. The lowest BCUT2D eigenvalue weighted by Gasteiger charge is -2.09. The van der Waals surface area contributed by atoms with Gasteiger partial charge in [-0.3, -0.25) is 9.59 Å². The van der Waals surface area contributed by atoms with Crippen LogP contribution in [0.25, 0.3) is 0 Å². The zero-order valence-electron chi connectivity index (χ0n) is 11.8. The van der Waals surface area contributed by atoms with Crippen molar-refractivity contribution >= 4 is 17.5 Å². The van der Waals surface area contributed by atoms with E-state index in [2.05, 4.69) is 10.6 Å². The fourth-order valence-corrected chi connectivity index (χ4v) is 1.49. The standard InChI is InChI=1S/C15H20N2O2/c1-10(2)9-14(18)17-13-7-5-12(6-8-13)15(19)16-11(3)4/h5-9,11H,1-4H3,(H,16,19)(H,17,18). The number of benzene rings is 1. The molecule has 0 heterocycles. The van der Waals surface area contributed by atoms with Gasteiger partial charge in [0.2, 0.25) is 5.91 Å². The van der Waals surface area contributed by atoms with Crippen molar-refractivity contribution in [3.63, 3.8) is 0 Å². The maximum absolute atomic E-state index is 11.7. The minimum Gasteiger partial charge on any atom is -0.350 e. The summed E-state index contributed by atoms with van der Waals surface area (Å²) < 4.78 is 0. The van der Waals surface area contributed by atoms with Gasteiger partial charge in [-0.05, 0) is 52.0 Å². The topological polar surface area (TPSA) is 58.2 Å². The van der Waals surface area contributed by atoms with Crippen LogP contribution in [0.2, 0.25) is 0 Å². The molecular formula is C15H20N2O2. The average Bonchev–Trinajstić information content (AvgIpc) is 2.27. The minimum absolute atomic E-state index is 0.101. The highest BCUT2D eigenvalue weighted by Gasteiger charge is 2.06. The molecular weight excluding hydrogens is 240 g/mol. The smallest absolute Gasteiger partial charge is 0.251 e. The highest BCUT2D eigenvalue weighted by atomic mass is 16.2. The molecule has 0 saturated heterocycles. The maximum atomic E-state index is 11.7. The van der Waals surface area contributed by atoms with Crippen LogP contribution in [0.3, 0.4) is 0 Å². The van der Waals surface area contributed by atoms with Crippen molar-refractivity contribution in [1.82, 2.24) is 5.32 Å². The van der Waals surface area contributed by atoms with Gasteiger partial charge in [0.25, 0.3) is 5.91 Å². The maximum Gasteiger partial charge on any atom is 0.251 e. The minimum atomic E-state index is -0.167. The first-order valence-electron chi connectivity index (χ1n) is 6.25. The third kappa shape index (κ3) is 5.38. The van der Waals surface area contributed by atoms with Crippen LogP contribution in [0.5, 0.6) is 0 Å². The van der Waals surface area contributed by atoms with Gasteiger partial charge < -0.3 is 10.6 Å². The highest BCUT2D eigenvalue weighted by molar-refractivity contribution is 6.00. The number of hydrogen-bond donors (Lipinski definition) is 2. The van der Waals surface area contributed by atoms with Crippen molar-refractivity contribution in [2.75, 3.05) is 5.32 Å². The van der Waals surface area contributed by atoms with E-state index in [4.69, 9.17) is 0 Å². The van der Waals surface area contributed by atoms with Crippen LogP contribution in [-0.2, 0) is 4.79 Å². The van der Waals surface area contributed by atoms with Crippen LogP contribution in [0.1, 0.15) is 38.1 Å². The second-order valence-electron chi connectivity index (χ2n) is 4.92.